The Morgan fingerprint density at radius 1 is 1.18 bits per heavy atom. The summed E-state index contributed by atoms with van der Waals surface area (Å²) in [5.41, 5.74) is 1.21. The first-order valence-electron chi connectivity index (χ1n) is 8.37. The Kier molecular flexibility index (Phi) is 6.44. The van der Waals surface area contributed by atoms with E-state index in [4.69, 9.17) is 35.4 Å². The third-order valence-electron chi connectivity index (χ3n) is 3.75. The van der Waals surface area contributed by atoms with Crippen LogP contribution in [-0.2, 0) is 9.63 Å². The summed E-state index contributed by atoms with van der Waals surface area (Å²) in [4.78, 5) is 17.0. The second kappa shape index (κ2) is 9.18. The molecule has 0 aromatic heterocycles. The van der Waals surface area contributed by atoms with Crippen molar-refractivity contribution < 1.29 is 28.6 Å². The minimum absolute atomic E-state index is 0.258. The predicted octanol–water partition coefficient (Wildman–Crippen LogP) is 3.12. The van der Waals surface area contributed by atoms with E-state index >= 15 is 0 Å². The number of methoxy groups -OCH3 is 2. The lowest BCUT2D eigenvalue weighted by Crippen LogP contribution is -2.18. The number of nitrogens with zero attached hydrogens (tertiary/aromatic N) is 1. The summed E-state index contributed by atoms with van der Waals surface area (Å²) in [7, 11) is 3.01. The molecule has 0 spiro atoms. The molecular weight excluding hydrogens is 388 g/mol. The summed E-state index contributed by atoms with van der Waals surface area (Å²) in [6.45, 7) is 0.726. The molecule has 0 aliphatic carbocycles. The number of amides is 1. The topological polar surface area (TPSA) is 87.6 Å². The van der Waals surface area contributed by atoms with Gasteiger partial charge in [-0.3, -0.25) is 4.79 Å². The fourth-order valence-electron chi connectivity index (χ4n) is 2.52. The Morgan fingerprint density at radius 3 is 2.71 bits per heavy atom. The first-order valence-corrected chi connectivity index (χ1v) is 8.75. The van der Waals surface area contributed by atoms with Crippen molar-refractivity contribution in [2.75, 3.05) is 39.4 Å². The molecule has 148 valence electrons. The van der Waals surface area contributed by atoms with Crippen molar-refractivity contribution in [1.29, 1.82) is 0 Å². The van der Waals surface area contributed by atoms with Crippen molar-refractivity contribution in [3.8, 4) is 23.0 Å². The van der Waals surface area contributed by atoms with Crippen LogP contribution < -0.4 is 24.3 Å². The SMILES string of the molecule is COc1cc(/C=N\OCC(=O)Nc2ccc3c(c2)OCCO3)cc(Cl)c1OC. The Labute approximate surface area is 166 Å². The number of carbonyl (C=O) groups excluding carboxylic acids is 1. The Hall–Kier alpha value is -3.13. The highest BCUT2D eigenvalue weighted by Gasteiger charge is 2.13. The first kappa shape index (κ1) is 19.6. The summed E-state index contributed by atoms with van der Waals surface area (Å²) >= 11 is 6.13. The highest BCUT2D eigenvalue weighted by atomic mass is 35.5. The maximum absolute atomic E-state index is 12.0. The first-order chi connectivity index (χ1) is 13.6. The highest BCUT2D eigenvalue weighted by molar-refractivity contribution is 6.32. The number of oxime groups is 1. The van der Waals surface area contributed by atoms with E-state index in [0.29, 0.717) is 52.5 Å². The Morgan fingerprint density at radius 2 is 1.96 bits per heavy atom. The molecule has 3 rings (SSSR count). The van der Waals surface area contributed by atoms with Crippen LogP contribution in [0.4, 0.5) is 5.69 Å². The van der Waals surface area contributed by atoms with Crippen molar-refractivity contribution in [3.05, 3.63) is 40.9 Å². The van der Waals surface area contributed by atoms with Gasteiger partial charge in [-0.05, 0) is 24.3 Å². The summed E-state index contributed by atoms with van der Waals surface area (Å²) in [6.07, 6.45) is 1.42. The molecule has 0 saturated heterocycles. The number of hydrogen-bond donors (Lipinski definition) is 1. The molecule has 8 nitrogen and oxygen atoms in total. The molecule has 1 aliphatic heterocycles. The molecule has 1 N–H and O–H groups in total. The number of fused-ring (bicyclic) bond motifs is 1. The summed E-state index contributed by atoms with van der Waals surface area (Å²) in [6, 6.07) is 8.49. The lowest BCUT2D eigenvalue weighted by molar-refractivity contribution is -0.120. The molecule has 0 unspecified atom stereocenters. The molecule has 0 bridgehead atoms. The van der Waals surface area contributed by atoms with Gasteiger partial charge >= 0.3 is 0 Å². The molecule has 1 aliphatic rings. The average molecular weight is 407 g/mol. The fourth-order valence-corrected chi connectivity index (χ4v) is 2.82. The van der Waals surface area contributed by atoms with Crippen LogP contribution in [0.5, 0.6) is 23.0 Å². The van der Waals surface area contributed by atoms with Crippen LogP contribution in [0.3, 0.4) is 0 Å². The van der Waals surface area contributed by atoms with Crippen LogP contribution in [0.2, 0.25) is 5.02 Å². The number of rotatable bonds is 7. The second-order valence-electron chi connectivity index (χ2n) is 5.65. The van der Waals surface area contributed by atoms with Crippen LogP contribution in [-0.4, -0.2) is 46.2 Å². The van der Waals surface area contributed by atoms with Gasteiger partial charge in [0.2, 0.25) is 0 Å². The molecule has 0 saturated carbocycles. The van der Waals surface area contributed by atoms with Crippen molar-refractivity contribution in [2.24, 2.45) is 5.16 Å². The Balaban J connectivity index is 1.53. The summed E-state index contributed by atoms with van der Waals surface area (Å²) in [5, 5.41) is 6.86. The van der Waals surface area contributed by atoms with E-state index in [9.17, 15) is 4.79 Å². The highest BCUT2D eigenvalue weighted by Crippen LogP contribution is 2.35. The van der Waals surface area contributed by atoms with Crippen molar-refractivity contribution in [2.45, 2.75) is 0 Å². The van der Waals surface area contributed by atoms with Gasteiger partial charge in [0, 0.05) is 17.3 Å². The van der Waals surface area contributed by atoms with Crippen molar-refractivity contribution in [1.82, 2.24) is 0 Å². The molecular formula is C19H19ClN2O6. The van der Waals surface area contributed by atoms with Crippen LogP contribution in [0, 0.1) is 0 Å². The smallest absolute Gasteiger partial charge is 0.265 e. The van der Waals surface area contributed by atoms with Crippen molar-refractivity contribution >= 4 is 29.4 Å². The number of anilines is 1. The molecule has 1 amide bonds. The number of ether oxygens (including phenoxy) is 4. The maximum Gasteiger partial charge on any atom is 0.265 e. The van der Waals surface area contributed by atoms with E-state index in [-0.39, 0.29) is 12.5 Å². The van der Waals surface area contributed by atoms with E-state index in [1.165, 1.54) is 20.4 Å². The lowest BCUT2D eigenvalue weighted by Gasteiger charge is -2.18. The second-order valence-corrected chi connectivity index (χ2v) is 6.06. The normalized spacial score (nSPS) is 12.5. The summed E-state index contributed by atoms with van der Waals surface area (Å²) < 4.78 is 21.3. The third kappa shape index (κ3) is 4.77. The minimum atomic E-state index is -0.362. The van der Waals surface area contributed by atoms with E-state index in [1.54, 1.807) is 30.3 Å². The zero-order chi connectivity index (χ0) is 19.9. The minimum Gasteiger partial charge on any atom is -0.493 e. The zero-order valence-electron chi connectivity index (χ0n) is 15.4. The van der Waals surface area contributed by atoms with E-state index in [2.05, 4.69) is 10.5 Å². The Bertz CT molecular complexity index is 887. The monoisotopic (exact) mass is 406 g/mol. The maximum atomic E-state index is 12.0. The van der Waals surface area contributed by atoms with E-state index in [1.807, 2.05) is 0 Å². The van der Waals surface area contributed by atoms with Gasteiger partial charge in [-0.2, -0.15) is 0 Å². The van der Waals surface area contributed by atoms with Crippen LogP contribution in [0.25, 0.3) is 0 Å². The van der Waals surface area contributed by atoms with Crippen LogP contribution in [0.1, 0.15) is 5.56 Å². The number of benzene rings is 2. The molecule has 9 heteroatoms. The van der Waals surface area contributed by atoms with Crippen LogP contribution in [0.15, 0.2) is 35.5 Å². The van der Waals surface area contributed by atoms with Gasteiger partial charge in [0.15, 0.2) is 29.6 Å². The van der Waals surface area contributed by atoms with Gasteiger partial charge in [0.1, 0.15) is 13.2 Å². The third-order valence-corrected chi connectivity index (χ3v) is 4.03. The number of hydrogen-bond acceptors (Lipinski definition) is 7. The van der Waals surface area contributed by atoms with Gasteiger partial charge < -0.3 is 29.1 Å². The molecule has 2 aromatic rings. The molecule has 28 heavy (non-hydrogen) atoms. The summed E-state index contributed by atoms with van der Waals surface area (Å²) in [5.74, 6) is 1.78. The number of nitrogens with one attached hydrogen (secondary N) is 1. The van der Waals surface area contributed by atoms with Gasteiger partial charge in [-0.25, -0.2) is 0 Å². The van der Waals surface area contributed by atoms with Gasteiger partial charge in [0.25, 0.3) is 5.91 Å². The fraction of sp³-hybridized carbons (Fsp3) is 0.263. The zero-order valence-corrected chi connectivity index (χ0v) is 16.1. The van der Waals surface area contributed by atoms with Crippen molar-refractivity contribution in [3.63, 3.8) is 0 Å². The average Bonchev–Trinajstić information content (AvgIpc) is 2.70. The number of halogens is 1. The van der Waals surface area contributed by atoms with Gasteiger partial charge in [-0.15, -0.1) is 0 Å². The number of carbonyl (C=O) groups is 1. The molecule has 0 radical (unpaired) electrons. The van der Waals surface area contributed by atoms with E-state index in [0.717, 1.165) is 0 Å². The van der Waals surface area contributed by atoms with Crippen LogP contribution >= 0.6 is 11.6 Å². The standard InChI is InChI=1S/C19H19ClN2O6/c1-24-17-8-12(7-14(20)19(17)25-2)10-21-28-11-18(23)22-13-3-4-15-16(9-13)27-6-5-26-15/h3-4,7-10H,5-6,11H2,1-2H3,(H,22,23)/b21-10-. The molecule has 2 aromatic carbocycles. The lowest BCUT2D eigenvalue weighted by atomic mass is 10.2. The largest absolute Gasteiger partial charge is 0.493 e. The molecule has 0 atom stereocenters. The van der Waals surface area contributed by atoms with Gasteiger partial charge in [-0.1, -0.05) is 16.8 Å². The van der Waals surface area contributed by atoms with Gasteiger partial charge in [0.05, 0.1) is 25.5 Å². The quantitative estimate of drug-likeness (QED) is 0.561. The predicted molar refractivity (Wildman–Crippen MR) is 104 cm³/mol. The van der Waals surface area contributed by atoms with E-state index < -0.39 is 0 Å². The molecule has 0 fully saturated rings. The molecule has 1 heterocycles.